The maximum Gasteiger partial charge on any atom is 0.410 e. The number of rotatable bonds is 5. The van der Waals surface area contributed by atoms with Gasteiger partial charge in [0.25, 0.3) is 0 Å². The molecule has 0 fully saturated rings. The minimum atomic E-state index is -6.98. The molecule has 0 aromatic carbocycles. The van der Waals surface area contributed by atoms with Gasteiger partial charge in [0, 0.05) is 0 Å². The topological polar surface area (TPSA) is 37.3 Å². The number of alkyl halides is 9. The lowest BCUT2D eigenvalue weighted by Gasteiger charge is -2.35. The molecule has 0 spiro atoms. The highest BCUT2D eigenvalue weighted by molar-refractivity contribution is 5.77. The summed E-state index contributed by atoms with van der Waals surface area (Å²) in [5.74, 6) is -30.3. The molecule has 1 atom stereocenters. The molecule has 108 valence electrons. The van der Waals surface area contributed by atoms with Gasteiger partial charge in [0.15, 0.2) is 6.17 Å². The van der Waals surface area contributed by atoms with Crippen molar-refractivity contribution in [1.29, 1.82) is 0 Å². The Morgan fingerprint density at radius 3 is 1.50 bits per heavy atom. The number of carboxylic acid groups (broad SMARTS) is 1. The lowest BCUT2D eigenvalue weighted by atomic mass is 9.96. The van der Waals surface area contributed by atoms with Gasteiger partial charge in [-0.1, -0.05) is 0 Å². The molecule has 1 unspecified atom stereocenters. The predicted molar refractivity (Wildman–Crippen MR) is 38.0 cm³/mol. The number of halogens is 9. The van der Waals surface area contributed by atoms with Gasteiger partial charge in [0.1, 0.15) is 0 Å². The van der Waals surface area contributed by atoms with Crippen LogP contribution in [0, 0.1) is 0 Å². The van der Waals surface area contributed by atoms with Crippen molar-refractivity contribution in [3.63, 3.8) is 0 Å². The number of carboxylic acids is 1. The molecule has 0 aliphatic carbocycles. The molecule has 0 radical (unpaired) electrons. The summed E-state index contributed by atoms with van der Waals surface area (Å²) >= 11 is 0. The molecule has 0 bridgehead atoms. The third-order valence-electron chi connectivity index (χ3n) is 1.98. The van der Waals surface area contributed by atoms with Crippen LogP contribution < -0.4 is 0 Å². The van der Waals surface area contributed by atoms with Gasteiger partial charge in [-0.25, -0.2) is 9.18 Å². The van der Waals surface area contributed by atoms with Crippen LogP contribution in [0.2, 0.25) is 0 Å². The van der Waals surface area contributed by atoms with Gasteiger partial charge in [-0.3, -0.25) is 0 Å². The van der Waals surface area contributed by atoms with Crippen LogP contribution in [0.4, 0.5) is 39.5 Å². The highest BCUT2D eigenvalue weighted by Gasteiger charge is 2.84. The zero-order chi connectivity index (χ0) is 15.2. The second-order valence-electron chi connectivity index (χ2n) is 3.27. The van der Waals surface area contributed by atoms with Crippen LogP contribution in [0.25, 0.3) is 0 Å². The van der Waals surface area contributed by atoms with Gasteiger partial charge in [-0.15, -0.1) is 0 Å². The van der Waals surface area contributed by atoms with E-state index in [4.69, 9.17) is 5.11 Å². The van der Waals surface area contributed by atoms with E-state index in [2.05, 4.69) is 0 Å². The Balaban J connectivity index is 5.81. The van der Waals surface area contributed by atoms with E-state index in [1.165, 1.54) is 0 Å². The zero-order valence-electron chi connectivity index (χ0n) is 8.33. The fourth-order valence-electron chi connectivity index (χ4n) is 0.791. The van der Waals surface area contributed by atoms with E-state index in [0.29, 0.717) is 0 Å². The number of aliphatic carboxylic acids is 1. The fraction of sp³-hybridized carbons (Fsp3) is 0.857. The lowest BCUT2D eigenvalue weighted by Crippen LogP contribution is -2.66. The van der Waals surface area contributed by atoms with Crippen LogP contribution in [-0.4, -0.2) is 40.9 Å². The van der Waals surface area contributed by atoms with E-state index in [9.17, 15) is 44.3 Å². The summed E-state index contributed by atoms with van der Waals surface area (Å²) in [6.45, 7) is -0.261. The van der Waals surface area contributed by atoms with E-state index in [1.54, 1.807) is 0 Å². The van der Waals surface area contributed by atoms with E-state index >= 15 is 0 Å². The van der Waals surface area contributed by atoms with Crippen molar-refractivity contribution >= 4 is 5.97 Å². The third kappa shape index (κ3) is 1.99. The molecule has 2 nitrogen and oxygen atoms in total. The first-order chi connectivity index (χ1) is 7.64. The molecule has 0 saturated carbocycles. The smallest absolute Gasteiger partial charge is 0.410 e. The normalized spacial score (nSPS) is 16.6. The highest BCUT2D eigenvalue weighted by Crippen LogP contribution is 2.53. The highest BCUT2D eigenvalue weighted by atomic mass is 19.4. The van der Waals surface area contributed by atoms with Crippen molar-refractivity contribution < 1.29 is 49.4 Å². The molecular weight excluding hydrogens is 287 g/mol. The largest absolute Gasteiger partial charge is 0.477 e. The first-order valence-electron chi connectivity index (χ1n) is 4.02. The van der Waals surface area contributed by atoms with Crippen LogP contribution in [0.3, 0.4) is 0 Å². The molecule has 18 heavy (non-hydrogen) atoms. The summed E-state index contributed by atoms with van der Waals surface area (Å²) in [6, 6.07) is 0. The molecule has 11 heteroatoms. The SMILES string of the molecule is CC(F)C(F)(F)C(F)(F)C(F)(F)C(F)(F)C(=O)O. The van der Waals surface area contributed by atoms with Crippen LogP contribution in [0.15, 0.2) is 0 Å². The molecule has 0 heterocycles. The van der Waals surface area contributed by atoms with E-state index in [1.807, 2.05) is 0 Å². The Morgan fingerprint density at radius 1 is 0.944 bits per heavy atom. The van der Waals surface area contributed by atoms with Crippen molar-refractivity contribution in [2.24, 2.45) is 0 Å². The van der Waals surface area contributed by atoms with E-state index < -0.39 is 35.8 Å². The average molecular weight is 292 g/mol. The molecule has 1 N–H and O–H groups in total. The maximum absolute atomic E-state index is 12.6. The monoisotopic (exact) mass is 292 g/mol. The second kappa shape index (κ2) is 4.19. The van der Waals surface area contributed by atoms with Gasteiger partial charge in [0.05, 0.1) is 0 Å². The quantitative estimate of drug-likeness (QED) is 0.791. The molecule has 0 saturated heterocycles. The van der Waals surface area contributed by atoms with Crippen LogP contribution in [-0.2, 0) is 4.79 Å². The van der Waals surface area contributed by atoms with Crippen LogP contribution in [0.1, 0.15) is 6.92 Å². The number of hydrogen-bond donors (Lipinski definition) is 1. The Hall–Kier alpha value is -1.16. The first kappa shape index (κ1) is 16.8. The Kier molecular flexibility index (Phi) is 3.92. The Bertz CT molecular complexity index is 336. The van der Waals surface area contributed by atoms with Crippen molar-refractivity contribution in [3.8, 4) is 0 Å². The minimum absolute atomic E-state index is 0.261. The van der Waals surface area contributed by atoms with Gasteiger partial charge in [-0.05, 0) is 6.92 Å². The van der Waals surface area contributed by atoms with Crippen molar-refractivity contribution in [3.05, 3.63) is 0 Å². The Labute approximate surface area is 93.4 Å². The average Bonchev–Trinajstić information content (AvgIpc) is 2.15. The first-order valence-corrected chi connectivity index (χ1v) is 4.02. The summed E-state index contributed by atoms with van der Waals surface area (Å²) in [5.41, 5.74) is 0. The van der Waals surface area contributed by atoms with Gasteiger partial charge in [-0.2, -0.15) is 35.1 Å². The molecule has 0 aromatic heterocycles. The van der Waals surface area contributed by atoms with Crippen LogP contribution >= 0.6 is 0 Å². The zero-order valence-corrected chi connectivity index (χ0v) is 8.33. The van der Waals surface area contributed by atoms with Gasteiger partial charge in [0.2, 0.25) is 0 Å². The van der Waals surface area contributed by atoms with Crippen LogP contribution in [0.5, 0.6) is 0 Å². The van der Waals surface area contributed by atoms with Crippen molar-refractivity contribution in [1.82, 2.24) is 0 Å². The predicted octanol–water partition coefficient (Wildman–Crippen LogP) is 2.97. The molecule has 0 aromatic rings. The van der Waals surface area contributed by atoms with Gasteiger partial charge < -0.3 is 5.11 Å². The molecule has 0 aliphatic rings. The van der Waals surface area contributed by atoms with E-state index in [0.717, 1.165) is 0 Å². The van der Waals surface area contributed by atoms with Gasteiger partial charge >= 0.3 is 29.7 Å². The van der Waals surface area contributed by atoms with Crippen molar-refractivity contribution in [2.75, 3.05) is 0 Å². The minimum Gasteiger partial charge on any atom is -0.477 e. The number of hydrogen-bond acceptors (Lipinski definition) is 1. The lowest BCUT2D eigenvalue weighted by molar-refractivity contribution is -0.368. The maximum atomic E-state index is 12.6. The fourth-order valence-corrected chi connectivity index (χ4v) is 0.791. The summed E-state index contributed by atoms with van der Waals surface area (Å²) < 4.78 is 112. The standard InChI is InChI=1S/C7H5F9O2/c1-2(8)4(9,10)6(13,14)7(15,16)5(11,12)3(17)18/h2H,1H3,(H,17,18). The summed E-state index contributed by atoms with van der Waals surface area (Å²) in [4.78, 5) is 9.71. The van der Waals surface area contributed by atoms with E-state index in [-0.39, 0.29) is 6.92 Å². The molecule has 0 aliphatic heterocycles. The summed E-state index contributed by atoms with van der Waals surface area (Å²) in [5, 5.41) is 7.64. The van der Waals surface area contributed by atoms with Crippen molar-refractivity contribution in [2.45, 2.75) is 36.8 Å². The molecule has 0 amide bonds. The molecule has 0 rings (SSSR count). The summed E-state index contributed by atoms with van der Waals surface area (Å²) in [7, 11) is 0. The third-order valence-corrected chi connectivity index (χ3v) is 1.98. The second-order valence-corrected chi connectivity index (χ2v) is 3.27. The summed E-state index contributed by atoms with van der Waals surface area (Å²) in [6.07, 6.45) is -3.90. The molecular formula is C7H5F9O2. The number of carbonyl (C=O) groups is 1. The Morgan fingerprint density at radius 2 is 1.28 bits per heavy atom.